The molecule has 1 atom stereocenters. The molecule has 140 valence electrons. The molecule has 27 heavy (non-hydrogen) atoms. The van der Waals surface area contributed by atoms with Crippen LogP contribution in [0.3, 0.4) is 0 Å². The molecule has 0 N–H and O–H groups in total. The van der Waals surface area contributed by atoms with Gasteiger partial charge in [0, 0.05) is 24.0 Å². The van der Waals surface area contributed by atoms with E-state index in [1.165, 1.54) is 29.3 Å². The summed E-state index contributed by atoms with van der Waals surface area (Å²) in [5.74, 6) is 1.25. The Hall–Kier alpha value is -1.92. The Morgan fingerprint density at radius 2 is 2.11 bits per heavy atom. The highest BCUT2D eigenvalue weighted by molar-refractivity contribution is 8.00. The molecule has 6 heteroatoms. The van der Waals surface area contributed by atoms with Crippen LogP contribution in [0.1, 0.15) is 25.3 Å². The third kappa shape index (κ3) is 4.01. The molecule has 4 nitrogen and oxygen atoms in total. The van der Waals surface area contributed by atoms with E-state index in [0.717, 1.165) is 40.3 Å². The topological polar surface area (TPSA) is 46.1 Å². The van der Waals surface area contributed by atoms with Crippen LogP contribution in [-0.2, 0) is 4.79 Å². The number of aryl methyl sites for hydroxylation is 1. The van der Waals surface area contributed by atoms with Crippen LogP contribution in [-0.4, -0.2) is 39.6 Å². The number of thioether (sulfide) groups is 1. The third-order valence-electron chi connectivity index (χ3n) is 5.04. The first-order valence-electron chi connectivity index (χ1n) is 9.31. The number of likely N-dealkylation sites (tertiary alicyclic amines) is 1. The van der Waals surface area contributed by atoms with Crippen molar-refractivity contribution in [3.8, 4) is 11.1 Å². The molecule has 0 spiro atoms. The van der Waals surface area contributed by atoms with E-state index in [1.54, 1.807) is 17.7 Å². The van der Waals surface area contributed by atoms with Crippen LogP contribution in [0.25, 0.3) is 21.3 Å². The van der Waals surface area contributed by atoms with E-state index in [-0.39, 0.29) is 5.91 Å². The highest BCUT2D eigenvalue weighted by Crippen LogP contribution is 2.38. The zero-order valence-electron chi connectivity index (χ0n) is 15.6. The fourth-order valence-electron chi connectivity index (χ4n) is 3.54. The minimum atomic E-state index is 0.213. The summed E-state index contributed by atoms with van der Waals surface area (Å²) >= 11 is 3.16. The smallest absolute Gasteiger partial charge is 0.232 e. The van der Waals surface area contributed by atoms with Crippen LogP contribution in [0.2, 0.25) is 0 Å². The molecule has 1 amide bonds. The average Bonchev–Trinajstić information content (AvgIpc) is 3.11. The minimum Gasteiger partial charge on any atom is -0.342 e. The van der Waals surface area contributed by atoms with Gasteiger partial charge in [-0.15, -0.1) is 11.3 Å². The zero-order chi connectivity index (χ0) is 18.8. The van der Waals surface area contributed by atoms with E-state index in [4.69, 9.17) is 0 Å². The molecule has 1 saturated heterocycles. The second-order valence-corrected chi connectivity index (χ2v) is 9.07. The van der Waals surface area contributed by atoms with Gasteiger partial charge in [0.2, 0.25) is 5.91 Å². The predicted molar refractivity (Wildman–Crippen MR) is 113 cm³/mol. The van der Waals surface area contributed by atoms with Crippen molar-refractivity contribution in [2.24, 2.45) is 5.92 Å². The van der Waals surface area contributed by atoms with Gasteiger partial charge in [-0.05, 0) is 31.2 Å². The van der Waals surface area contributed by atoms with Crippen molar-refractivity contribution in [2.45, 2.75) is 31.7 Å². The molecule has 0 unspecified atom stereocenters. The van der Waals surface area contributed by atoms with Crippen molar-refractivity contribution < 1.29 is 4.79 Å². The Labute approximate surface area is 168 Å². The van der Waals surface area contributed by atoms with Gasteiger partial charge in [0.1, 0.15) is 16.2 Å². The fraction of sp³-hybridized carbons (Fsp3) is 0.381. The van der Waals surface area contributed by atoms with E-state index < -0.39 is 0 Å². The molecular formula is C21H23N3OS2. The normalized spacial score (nSPS) is 17.4. The van der Waals surface area contributed by atoms with E-state index in [0.29, 0.717) is 11.7 Å². The second-order valence-electron chi connectivity index (χ2n) is 7.25. The van der Waals surface area contributed by atoms with Crippen molar-refractivity contribution in [1.82, 2.24) is 14.9 Å². The van der Waals surface area contributed by atoms with Crippen LogP contribution < -0.4 is 0 Å². The molecule has 0 saturated carbocycles. The first-order valence-corrected chi connectivity index (χ1v) is 11.2. The van der Waals surface area contributed by atoms with Crippen molar-refractivity contribution in [3.63, 3.8) is 0 Å². The summed E-state index contributed by atoms with van der Waals surface area (Å²) < 4.78 is 0. The number of carbonyl (C=O) groups is 1. The van der Waals surface area contributed by atoms with E-state index in [1.807, 2.05) is 4.90 Å². The van der Waals surface area contributed by atoms with Gasteiger partial charge in [0.05, 0.1) is 11.1 Å². The molecule has 3 heterocycles. The Kier molecular flexibility index (Phi) is 5.45. The monoisotopic (exact) mass is 397 g/mol. The predicted octanol–water partition coefficient (Wildman–Crippen LogP) is 5.02. The molecule has 0 bridgehead atoms. The highest BCUT2D eigenvalue weighted by atomic mass is 32.2. The van der Waals surface area contributed by atoms with Crippen LogP contribution >= 0.6 is 23.1 Å². The molecule has 1 fully saturated rings. The van der Waals surface area contributed by atoms with Crippen molar-refractivity contribution >= 4 is 39.2 Å². The summed E-state index contributed by atoms with van der Waals surface area (Å²) in [5.41, 5.74) is 3.56. The lowest BCUT2D eigenvalue weighted by molar-refractivity contribution is -0.130. The number of hydrogen-bond acceptors (Lipinski definition) is 5. The maximum Gasteiger partial charge on any atom is 0.232 e. The Bertz CT molecular complexity index is 952. The minimum absolute atomic E-state index is 0.213. The van der Waals surface area contributed by atoms with Gasteiger partial charge in [-0.25, -0.2) is 9.97 Å². The number of fused-ring (bicyclic) bond motifs is 1. The number of nitrogens with zero attached hydrogens (tertiary/aromatic N) is 3. The summed E-state index contributed by atoms with van der Waals surface area (Å²) in [6.45, 7) is 6.08. The molecule has 1 aliphatic rings. The number of carbonyl (C=O) groups excluding carboxylic acids is 1. The van der Waals surface area contributed by atoms with E-state index in [9.17, 15) is 4.79 Å². The van der Waals surface area contributed by atoms with Crippen LogP contribution in [0.5, 0.6) is 0 Å². The maximum atomic E-state index is 12.6. The molecule has 0 radical (unpaired) electrons. The summed E-state index contributed by atoms with van der Waals surface area (Å²) in [6.07, 6.45) is 3.93. The largest absolute Gasteiger partial charge is 0.342 e. The van der Waals surface area contributed by atoms with Crippen molar-refractivity contribution in [1.29, 1.82) is 0 Å². The Morgan fingerprint density at radius 3 is 2.89 bits per heavy atom. The number of rotatable bonds is 4. The number of amides is 1. The molecule has 1 aromatic carbocycles. The van der Waals surface area contributed by atoms with Gasteiger partial charge in [-0.3, -0.25) is 4.79 Å². The van der Waals surface area contributed by atoms with Crippen LogP contribution in [0, 0.1) is 12.8 Å². The van der Waals surface area contributed by atoms with Crippen LogP contribution in [0.15, 0.2) is 41.0 Å². The molecule has 2 aromatic heterocycles. The summed E-state index contributed by atoms with van der Waals surface area (Å²) in [7, 11) is 0. The average molecular weight is 398 g/mol. The van der Waals surface area contributed by atoms with Crippen LogP contribution in [0.4, 0.5) is 0 Å². The van der Waals surface area contributed by atoms with Gasteiger partial charge >= 0.3 is 0 Å². The Balaban J connectivity index is 1.57. The van der Waals surface area contributed by atoms with E-state index >= 15 is 0 Å². The molecule has 1 aliphatic heterocycles. The first kappa shape index (κ1) is 18.4. The number of hydrogen-bond donors (Lipinski definition) is 0. The number of aromatic nitrogens is 2. The second kappa shape index (κ2) is 7.98. The van der Waals surface area contributed by atoms with Gasteiger partial charge in [-0.2, -0.15) is 0 Å². The molecular weight excluding hydrogens is 374 g/mol. The van der Waals surface area contributed by atoms with Crippen molar-refractivity contribution in [2.75, 3.05) is 18.8 Å². The zero-order valence-corrected chi connectivity index (χ0v) is 17.3. The first-order chi connectivity index (χ1) is 13.1. The lowest BCUT2D eigenvalue weighted by atomic mass is 10.0. The highest BCUT2D eigenvalue weighted by Gasteiger charge is 2.22. The van der Waals surface area contributed by atoms with Gasteiger partial charge in [0.25, 0.3) is 0 Å². The van der Waals surface area contributed by atoms with Gasteiger partial charge in [-0.1, -0.05) is 48.5 Å². The molecule has 4 rings (SSSR count). The summed E-state index contributed by atoms with van der Waals surface area (Å²) in [6, 6.07) is 8.52. The van der Waals surface area contributed by atoms with E-state index in [2.05, 4.69) is 53.5 Å². The lowest BCUT2D eigenvalue weighted by Gasteiger charge is -2.30. The summed E-state index contributed by atoms with van der Waals surface area (Å²) in [4.78, 5) is 24.6. The molecule has 0 aliphatic carbocycles. The number of thiophene rings is 1. The lowest BCUT2D eigenvalue weighted by Crippen LogP contribution is -2.40. The maximum absolute atomic E-state index is 12.6. The third-order valence-corrected chi connectivity index (χ3v) is 6.90. The fourth-order valence-corrected chi connectivity index (χ4v) is 5.44. The SMILES string of the molecule is Cc1ccc(-c2csc3ncnc(SCC(=O)N4CCC[C@H](C)C4)c23)cc1. The quantitative estimate of drug-likeness (QED) is 0.458. The van der Waals surface area contributed by atoms with Gasteiger partial charge in [0.15, 0.2) is 0 Å². The van der Waals surface area contributed by atoms with Gasteiger partial charge < -0.3 is 4.90 Å². The van der Waals surface area contributed by atoms with Crippen molar-refractivity contribution in [3.05, 3.63) is 41.5 Å². The standard InChI is InChI=1S/C21H23N3OS2/c1-14-5-7-16(8-6-14)17-11-26-20-19(17)21(23-13-22-20)27-12-18(25)24-9-3-4-15(2)10-24/h5-8,11,13,15H,3-4,9-10,12H2,1-2H3/t15-/m0/s1. The molecule has 3 aromatic rings. The summed E-state index contributed by atoms with van der Waals surface area (Å²) in [5, 5.41) is 4.11. The number of piperidine rings is 1. The number of benzene rings is 1. The Morgan fingerprint density at radius 1 is 1.30 bits per heavy atom.